The van der Waals surface area contributed by atoms with E-state index < -0.39 is 0 Å². The Hall–Kier alpha value is -0.470. The molecule has 1 heterocycles. The highest BCUT2D eigenvalue weighted by Crippen LogP contribution is 2.34. The summed E-state index contributed by atoms with van der Waals surface area (Å²) < 4.78 is 0. The molecule has 0 spiro atoms. The molecule has 0 bridgehead atoms. The highest BCUT2D eigenvalue weighted by atomic mass is 35.5. The molecule has 1 aromatic carbocycles. The fourth-order valence-electron chi connectivity index (χ4n) is 1.42. The molecule has 0 aliphatic carbocycles. The number of benzene rings is 1. The van der Waals surface area contributed by atoms with Crippen molar-refractivity contribution in [2.24, 2.45) is 0 Å². The molecule has 1 aromatic rings. The van der Waals surface area contributed by atoms with E-state index in [9.17, 15) is 4.79 Å². The van der Waals surface area contributed by atoms with Gasteiger partial charge in [-0.2, -0.15) is 0 Å². The highest BCUT2D eigenvalue weighted by molar-refractivity contribution is 7.99. The molecule has 1 aliphatic rings. The van der Waals surface area contributed by atoms with Crippen molar-refractivity contribution >= 4 is 29.1 Å². The van der Waals surface area contributed by atoms with E-state index in [-0.39, 0.29) is 5.78 Å². The van der Waals surface area contributed by atoms with Gasteiger partial charge < -0.3 is 0 Å². The molecule has 13 heavy (non-hydrogen) atoms. The lowest BCUT2D eigenvalue weighted by molar-refractivity contribution is 0.0980. The van der Waals surface area contributed by atoms with E-state index in [0.717, 1.165) is 22.6 Å². The second-order valence-electron chi connectivity index (χ2n) is 2.99. The first-order valence-corrected chi connectivity index (χ1v) is 5.60. The summed E-state index contributed by atoms with van der Waals surface area (Å²) in [5, 5.41) is 0.706. The van der Waals surface area contributed by atoms with Crippen molar-refractivity contribution in [1.82, 2.24) is 0 Å². The van der Waals surface area contributed by atoms with Gasteiger partial charge in [0.15, 0.2) is 5.78 Å². The molecule has 0 saturated heterocycles. The van der Waals surface area contributed by atoms with Gasteiger partial charge in [-0.05, 0) is 18.2 Å². The maximum atomic E-state index is 11.6. The zero-order valence-electron chi connectivity index (χ0n) is 7.05. The van der Waals surface area contributed by atoms with Crippen LogP contribution in [-0.4, -0.2) is 11.5 Å². The van der Waals surface area contributed by atoms with E-state index in [1.165, 1.54) is 0 Å². The fraction of sp³-hybridized carbons (Fsp3) is 0.300. The monoisotopic (exact) mass is 212 g/mol. The topological polar surface area (TPSA) is 17.1 Å². The third-order valence-corrected chi connectivity index (χ3v) is 3.71. The lowest BCUT2D eigenvalue weighted by atomic mass is 10.1. The Labute approximate surface area is 86.5 Å². The number of thioether (sulfide) groups is 1. The quantitative estimate of drug-likeness (QED) is 0.656. The third-order valence-electron chi connectivity index (χ3n) is 2.06. The largest absolute Gasteiger partial charge is 0.294 e. The Bertz CT molecular complexity index is 349. The Balaban J connectivity index is 2.54. The van der Waals surface area contributed by atoms with Crippen LogP contribution in [0.3, 0.4) is 0 Å². The van der Waals surface area contributed by atoms with Crippen LogP contribution in [0.5, 0.6) is 0 Å². The minimum Gasteiger partial charge on any atom is -0.294 e. The second kappa shape index (κ2) is 3.72. The molecule has 0 unspecified atom stereocenters. The van der Waals surface area contributed by atoms with Gasteiger partial charge in [-0.1, -0.05) is 23.7 Å². The Morgan fingerprint density at radius 1 is 1.38 bits per heavy atom. The molecule has 3 heteroatoms. The minimum absolute atomic E-state index is 0.225. The van der Waals surface area contributed by atoms with Crippen LogP contribution in [0.4, 0.5) is 0 Å². The second-order valence-corrected chi connectivity index (χ2v) is 4.50. The molecular formula is C10H9ClOS. The van der Waals surface area contributed by atoms with Crippen LogP contribution >= 0.6 is 23.4 Å². The van der Waals surface area contributed by atoms with Gasteiger partial charge in [0.1, 0.15) is 0 Å². The number of ketones is 1. The summed E-state index contributed by atoms with van der Waals surface area (Å²) in [4.78, 5) is 12.6. The van der Waals surface area contributed by atoms with E-state index in [0.29, 0.717) is 11.4 Å². The average molecular weight is 213 g/mol. The summed E-state index contributed by atoms with van der Waals surface area (Å²) in [5.41, 5.74) is 0.801. The molecule has 0 radical (unpaired) electrons. The molecule has 0 saturated carbocycles. The van der Waals surface area contributed by atoms with Crippen molar-refractivity contribution in [3.05, 3.63) is 28.8 Å². The van der Waals surface area contributed by atoms with Gasteiger partial charge in [-0.15, -0.1) is 11.8 Å². The smallest absolute Gasteiger partial charge is 0.164 e. The van der Waals surface area contributed by atoms with E-state index in [1.807, 2.05) is 18.2 Å². The molecule has 68 valence electrons. The molecule has 0 N–H and O–H groups in total. The maximum Gasteiger partial charge on any atom is 0.164 e. The number of halogens is 1. The van der Waals surface area contributed by atoms with Crippen molar-refractivity contribution in [2.75, 3.05) is 5.75 Å². The molecule has 1 nitrogen and oxygen atoms in total. The van der Waals surface area contributed by atoms with E-state index in [1.54, 1.807) is 11.8 Å². The predicted molar refractivity (Wildman–Crippen MR) is 55.7 cm³/mol. The molecule has 0 amide bonds. The fourth-order valence-corrected chi connectivity index (χ4v) is 2.79. The van der Waals surface area contributed by atoms with Crippen molar-refractivity contribution in [3.63, 3.8) is 0 Å². The predicted octanol–water partition coefficient (Wildman–Crippen LogP) is 3.41. The number of carbonyl (C=O) groups is 1. The van der Waals surface area contributed by atoms with Gasteiger partial charge in [-0.3, -0.25) is 4.79 Å². The van der Waals surface area contributed by atoms with Gasteiger partial charge in [-0.25, -0.2) is 0 Å². The van der Waals surface area contributed by atoms with Crippen LogP contribution in [0.15, 0.2) is 23.1 Å². The summed E-state index contributed by atoms with van der Waals surface area (Å²) in [6.45, 7) is 0. The number of rotatable bonds is 0. The third kappa shape index (κ3) is 1.74. The van der Waals surface area contributed by atoms with Gasteiger partial charge in [0, 0.05) is 16.9 Å². The summed E-state index contributed by atoms with van der Waals surface area (Å²) in [6, 6.07) is 5.54. The zero-order valence-corrected chi connectivity index (χ0v) is 8.62. The number of fused-ring (bicyclic) bond motifs is 1. The van der Waals surface area contributed by atoms with Crippen LogP contribution in [-0.2, 0) is 0 Å². The summed E-state index contributed by atoms with van der Waals surface area (Å²) in [7, 11) is 0. The number of Topliss-reactive ketones (excluding diaryl/α,β-unsaturated/α-hetero) is 1. The molecule has 0 atom stereocenters. The lowest BCUT2D eigenvalue weighted by Gasteiger charge is -2.04. The molecule has 1 aliphatic heterocycles. The molecular weight excluding hydrogens is 204 g/mol. The van der Waals surface area contributed by atoms with E-state index >= 15 is 0 Å². The van der Waals surface area contributed by atoms with Gasteiger partial charge in [0.2, 0.25) is 0 Å². The average Bonchev–Trinajstić information content (AvgIpc) is 2.30. The molecule has 2 rings (SSSR count). The first-order chi connectivity index (χ1) is 6.29. The van der Waals surface area contributed by atoms with Crippen LogP contribution in [0.2, 0.25) is 5.02 Å². The van der Waals surface area contributed by atoms with Gasteiger partial charge >= 0.3 is 0 Å². The number of hydrogen-bond acceptors (Lipinski definition) is 2. The number of carbonyl (C=O) groups excluding carboxylic acids is 1. The van der Waals surface area contributed by atoms with Crippen molar-refractivity contribution in [1.29, 1.82) is 0 Å². The summed E-state index contributed by atoms with van der Waals surface area (Å²) in [5.74, 6) is 1.21. The first-order valence-electron chi connectivity index (χ1n) is 4.23. The zero-order chi connectivity index (χ0) is 9.26. The van der Waals surface area contributed by atoms with Crippen molar-refractivity contribution in [3.8, 4) is 0 Å². The maximum absolute atomic E-state index is 11.6. The van der Waals surface area contributed by atoms with Crippen LogP contribution in [0.25, 0.3) is 0 Å². The van der Waals surface area contributed by atoms with Crippen LogP contribution in [0.1, 0.15) is 23.2 Å². The lowest BCUT2D eigenvalue weighted by Crippen LogP contribution is -1.98. The SMILES string of the molecule is O=C1CCCSc2c(Cl)cccc21. The molecule has 0 aromatic heterocycles. The Morgan fingerprint density at radius 3 is 3.08 bits per heavy atom. The van der Waals surface area contributed by atoms with E-state index in [2.05, 4.69) is 0 Å². The standard InChI is InChI=1S/C10H9ClOS/c11-8-4-1-3-7-9(12)5-2-6-13-10(7)8/h1,3-4H,2,5-6H2. The van der Waals surface area contributed by atoms with Gasteiger partial charge in [0.05, 0.1) is 5.02 Å². The van der Waals surface area contributed by atoms with Crippen LogP contribution < -0.4 is 0 Å². The van der Waals surface area contributed by atoms with Crippen molar-refractivity contribution < 1.29 is 4.79 Å². The Kier molecular flexibility index (Phi) is 2.61. The highest BCUT2D eigenvalue weighted by Gasteiger charge is 2.17. The number of hydrogen-bond donors (Lipinski definition) is 0. The summed E-state index contributed by atoms with van der Waals surface area (Å²) >= 11 is 7.69. The van der Waals surface area contributed by atoms with Crippen molar-refractivity contribution in [2.45, 2.75) is 17.7 Å². The first kappa shape index (κ1) is 9.10. The van der Waals surface area contributed by atoms with Crippen LogP contribution in [0, 0.1) is 0 Å². The van der Waals surface area contributed by atoms with Gasteiger partial charge in [0.25, 0.3) is 0 Å². The summed E-state index contributed by atoms with van der Waals surface area (Å²) in [6.07, 6.45) is 1.61. The Morgan fingerprint density at radius 2 is 2.23 bits per heavy atom. The molecule has 0 fully saturated rings. The normalized spacial score (nSPS) is 16.5. The minimum atomic E-state index is 0.225. The van der Waals surface area contributed by atoms with E-state index in [4.69, 9.17) is 11.6 Å².